The van der Waals surface area contributed by atoms with Gasteiger partial charge in [0.2, 0.25) is 5.91 Å². The molecule has 1 saturated heterocycles. The van der Waals surface area contributed by atoms with Gasteiger partial charge in [0.25, 0.3) is 0 Å². The Morgan fingerprint density at radius 3 is 2.87 bits per heavy atom. The van der Waals surface area contributed by atoms with Gasteiger partial charge in [0.15, 0.2) is 0 Å². The number of carbonyl (C=O) groups is 1. The van der Waals surface area contributed by atoms with E-state index in [1.807, 2.05) is 0 Å². The van der Waals surface area contributed by atoms with Crippen LogP contribution >= 0.6 is 0 Å². The molecule has 2 rings (SSSR count). The van der Waals surface area contributed by atoms with Crippen molar-refractivity contribution in [3.63, 3.8) is 0 Å². The van der Waals surface area contributed by atoms with E-state index in [9.17, 15) is 18.0 Å². The molecule has 0 aromatic heterocycles. The van der Waals surface area contributed by atoms with E-state index < -0.39 is 23.2 Å². The molecule has 1 amide bonds. The third-order valence-corrected chi connectivity index (χ3v) is 3.29. The van der Waals surface area contributed by atoms with Crippen molar-refractivity contribution >= 4 is 11.6 Å². The molecule has 0 saturated carbocycles. The number of amides is 1. The molecule has 1 N–H and O–H groups in total. The minimum atomic E-state index is -4.66. The number of nitrogens with zero attached hydrogens (tertiary/aromatic N) is 1. The molecule has 1 aromatic rings. The Labute approximate surface area is 131 Å². The summed E-state index contributed by atoms with van der Waals surface area (Å²) in [5.41, 5.74) is -1.62. The molecule has 1 aliphatic heterocycles. The number of carbonyl (C=O) groups excluding carboxylic acids is 1. The molecule has 1 atom stereocenters. The summed E-state index contributed by atoms with van der Waals surface area (Å²) in [5.74, 6) is -0.569. The van der Waals surface area contributed by atoms with Crippen molar-refractivity contribution < 1.29 is 27.4 Å². The summed E-state index contributed by atoms with van der Waals surface area (Å²) in [6.45, 7) is 0.668. The maximum atomic E-state index is 12.8. The van der Waals surface area contributed by atoms with Crippen LogP contribution in [0.3, 0.4) is 0 Å². The summed E-state index contributed by atoms with van der Waals surface area (Å²) >= 11 is 0. The number of nitrogens with one attached hydrogen (secondary N) is 1. The molecule has 5 nitrogen and oxygen atoms in total. The number of halogens is 3. The molecule has 0 radical (unpaired) electrons. The maximum absolute atomic E-state index is 12.8. The van der Waals surface area contributed by atoms with E-state index in [4.69, 9.17) is 14.7 Å². The highest BCUT2D eigenvalue weighted by Gasteiger charge is 2.34. The third kappa shape index (κ3) is 4.94. The lowest BCUT2D eigenvalue weighted by Crippen LogP contribution is -2.22. The second-order valence-corrected chi connectivity index (χ2v) is 5.07. The second kappa shape index (κ2) is 7.44. The molecule has 8 heteroatoms. The van der Waals surface area contributed by atoms with Gasteiger partial charge in [0, 0.05) is 12.3 Å². The normalized spacial score (nSPS) is 17.7. The molecule has 0 aliphatic carbocycles. The van der Waals surface area contributed by atoms with Crippen LogP contribution in [-0.2, 0) is 20.4 Å². The van der Waals surface area contributed by atoms with Crippen molar-refractivity contribution in [3.8, 4) is 6.07 Å². The van der Waals surface area contributed by atoms with Gasteiger partial charge >= 0.3 is 6.18 Å². The van der Waals surface area contributed by atoms with Crippen molar-refractivity contribution in [3.05, 3.63) is 29.3 Å². The molecule has 0 unspecified atom stereocenters. The summed E-state index contributed by atoms with van der Waals surface area (Å²) in [5, 5.41) is 11.0. The summed E-state index contributed by atoms with van der Waals surface area (Å²) in [4.78, 5) is 11.7. The Kier molecular flexibility index (Phi) is 5.58. The molecule has 1 heterocycles. The fourth-order valence-corrected chi connectivity index (χ4v) is 2.21. The first-order chi connectivity index (χ1) is 10.9. The number of rotatable bonds is 5. The first kappa shape index (κ1) is 17.2. The van der Waals surface area contributed by atoms with Crippen molar-refractivity contribution in [2.45, 2.75) is 25.1 Å². The number of ether oxygens (including phenoxy) is 2. The third-order valence-electron chi connectivity index (χ3n) is 3.29. The Balaban J connectivity index is 1.91. The number of hydrogen-bond acceptors (Lipinski definition) is 4. The zero-order valence-corrected chi connectivity index (χ0v) is 12.2. The van der Waals surface area contributed by atoms with Gasteiger partial charge in [-0.05, 0) is 31.0 Å². The lowest BCUT2D eigenvalue weighted by atomic mass is 10.1. The highest BCUT2D eigenvalue weighted by Crippen LogP contribution is 2.33. The topological polar surface area (TPSA) is 71.4 Å². The Morgan fingerprint density at radius 1 is 1.48 bits per heavy atom. The van der Waals surface area contributed by atoms with E-state index in [1.54, 1.807) is 0 Å². The van der Waals surface area contributed by atoms with Gasteiger partial charge < -0.3 is 14.8 Å². The molecule has 0 bridgehead atoms. The molecular formula is C15H15F3N2O3. The van der Waals surface area contributed by atoms with Crippen LogP contribution in [0.2, 0.25) is 0 Å². The van der Waals surface area contributed by atoms with Crippen LogP contribution in [0.4, 0.5) is 18.9 Å². The number of benzene rings is 1. The van der Waals surface area contributed by atoms with Crippen LogP contribution in [0.1, 0.15) is 24.0 Å². The lowest BCUT2D eigenvalue weighted by molar-refractivity contribution is -0.137. The number of anilines is 1. The van der Waals surface area contributed by atoms with Crippen molar-refractivity contribution in [1.29, 1.82) is 5.26 Å². The Bertz CT molecular complexity index is 605. The van der Waals surface area contributed by atoms with Crippen molar-refractivity contribution in [2.75, 3.05) is 25.1 Å². The first-order valence-electron chi connectivity index (χ1n) is 7.00. The van der Waals surface area contributed by atoms with E-state index in [2.05, 4.69) is 5.32 Å². The van der Waals surface area contributed by atoms with Gasteiger partial charge in [-0.3, -0.25) is 4.79 Å². The van der Waals surface area contributed by atoms with Gasteiger partial charge in [-0.25, -0.2) is 0 Å². The fraction of sp³-hybridized carbons (Fsp3) is 0.467. The smallest absolute Gasteiger partial charge is 0.376 e. The predicted molar refractivity (Wildman–Crippen MR) is 74.6 cm³/mol. The zero-order valence-electron chi connectivity index (χ0n) is 12.2. The number of hydrogen-bond donors (Lipinski definition) is 1. The molecule has 0 spiro atoms. The van der Waals surface area contributed by atoms with Gasteiger partial charge in [-0.2, -0.15) is 18.4 Å². The largest absolute Gasteiger partial charge is 0.417 e. The number of nitriles is 1. The van der Waals surface area contributed by atoms with E-state index in [-0.39, 0.29) is 25.0 Å². The Morgan fingerprint density at radius 2 is 2.26 bits per heavy atom. The summed E-state index contributed by atoms with van der Waals surface area (Å²) < 4.78 is 49.0. The highest BCUT2D eigenvalue weighted by atomic mass is 19.4. The van der Waals surface area contributed by atoms with Crippen LogP contribution in [0.5, 0.6) is 0 Å². The molecule has 1 aromatic carbocycles. The van der Waals surface area contributed by atoms with E-state index in [0.717, 1.165) is 25.0 Å². The van der Waals surface area contributed by atoms with E-state index >= 15 is 0 Å². The minimum absolute atomic E-state index is 0.0328. The Hall–Kier alpha value is -2.11. The second-order valence-electron chi connectivity index (χ2n) is 5.07. The van der Waals surface area contributed by atoms with E-state index in [1.165, 1.54) is 12.1 Å². The van der Waals surface area contributed by atoms with E-state index in [0.29, 0.717) is 6.61 Å². The minimum Gasteiger partial charge on any atom is -0.376 e. The molecular weight excluding hydrogens is 313 g/mol. The van der Waals surface area contributed by atoms with Gasteiger partial charge in [0.05, 0.1) is 29.9 Å². The average molecular weight is 328 g/mol. The molecule has 1 fully saturated rings. The molecule has 23 heavy (non-hydrogen) atoms. The van der Waals surface area contributed by atoms with Crippen LogP contribution in [-0.4, -0.2) is 31.8 Å². The molecule has 124 valence electrons. The maximum Gasteiger partial charge on any atom is 0.417 e. The van der Waals surface area contributed by atoms with Crippen molar-refractivity contribution in [2.24, 2.45) is 0 Å². The number of alkyl halides is 3. The summed E-state index contributed by atoms with van der Waals surface area (Å²) in [6, 6.07) is 4.47. The summed E-state index contributed by atoms with van der Waals surface area (Å²) in [6.07, 6.45) is -2.88. The monoisotopic (exact) mass is 328 g/mol. The zero-order chi connectivity index (χ0) is 16.9. The van der Waals surface area contributed by atoms with Crippen LogP contribution in [0, 0.1) is 11.3 Å². The highest BCUT2D eigenvalue weighted by molar-refractivity contribution is 5.91. The predicted octanol–water partition coefficient (Wildman–Crippen LogP) is 2.71. The van der Waals surface area contributed by atoms with Crippen LogP contribution < -0.4 is 5.32 Å². The van der Waals surface area contributed by atoms with Crippen molar-refractivity contribution in [1.82, 2.24) is 0 Å². The van der Waals surface area contributed by atoms with Gasteiger partial charge in [-0.1, -0.05) is 0 Å². The summed E-state index contributed by atoms with van der Waals surface area (Å²) in [7, 11) is 0. The SMILES string of the molecule is N#Cc1ccc(NC(=O)COC[C@H]2CCCO2)cc1C(F)(F)F. The first-order valence-corrected chi connectivity index (χ1v) is 7.00. The van der Waals surface area contributed by atoms with Crippen LogP contribution in [0.15, 0.2) is 18.2 Å². The molecule has 1 aliphatic rings. The fourth-order valence-electron chi connectivity index (χ4n) is 2.21. The average Bonchev–Trinajstić information content (AvgIpc) is 2.99. The quantitative estimate of drug-likeness (QED) is 0.902. The lowest BCUT2D eigenvalue weighted by Gasteiger charge is -2.12. The van der Waals surface area contributed by atoms with Gasteiger partial charge in [-0.15, -0.1) is 0 Å². The van der Waals surface area contributed by atoms with Gasteiger partial charge in [0.1, 0.15) is 6.61 Å². The van der Waals surface area contributed by atoms with Crippen LogP contribution in [0.25, 0.3) is 0 Å². The standard InChI is InChI=1S/C15H15F3N2O3/c16-15(17,18)13-6-11(4-3-10(13)7-19)20-14(21)9-22-8-12-2-1-5-23-12/h3-4,6,12H,1-2,5,8-9H2,(H,20,21)/t12-/m1/s1.